The number of rotatable bonds is 5. The molecule has 0 aromatic heterocycles. The van der Waals surface area contributed by atoms with Crippen LogP contribution in [0.15, 0.2) is 29.3 Å². The summed E-state index contributed by atoms with van der Waals surface area (Å²) in [5, 5.41) is 3.10. The van der Waals surface area contributed by atoms with Gasteiger partial charge in [0.15, 0.2) is 0 Å². The van der Waals surface area contributed by atoms with Crippen LogP contribution in [0.2, 0.25) is 5.02 Å². The highest BCUT2D eigenvalue weighted by atomic mass is 35.5. The number of nitrogens with one attached hydrogen (secondary N) is 1. The minimum absolute atomic E-state index is 0.102. The zero-order valence-corrected chi connectivity index (χ0v) is 14.3. The van der Waals surface area contributed by atoms with Crippen LogP contribution in [-0.2, 0) is 9.47 Å². The van der Waals surface area contributed by atoms with Crippen LogP contribution in [-0.4, -0.2) is 37.8 Å². The van der Waals surface area contributed by atoms with E-state index in [-0.39, 0.29) is 18.0 Å². The van der Waals surface area contributed by atoms with Gasteiger partial charge in [0.1, 0.15) is 0 Å². The molecule has 1 aliphatic heterocycles. The molecule has 1 fully saturated rings. The van der Waals surface area contributed by atoms with Gasteiger partial charge in [-0.2, -0.15) is 0 Å². The maximum atomic E-state index is 12.3. The lowest BCUT2D eigenvalue weighted by molar-refractivity contribution is 0.0960. The molecule has 6 heteroatoms. The lowest BCUT2D eigenvalue weighted by Crippen LogP contribution is -2.34. The predicted octanol–water partition coefficient (Wildman–Crippen LogP) is 3.28. The van der Waals surface area contributed by atoms with E-state index in [1.54, 1.807) is 24.3 Å². The van der Waals surface area contributed by atoms with Gasteiger partial charge in [-0.15, -0.1) is 0 Å². The Morgan fingerprint density at radius 2 is 2.26 bits per heavy atom. The minimum atomic E-state index is -0.328. The molecule has 1 saturated heterocycles. The lowest BCUT2D eigenvalue weighted by atomic mass is 10.2. The van der Waals surface area contributed by atoms with Gasteiger partial charge in [-0.05, 0) is 30.9 Å². The van der Waals surface area contributed by atoms with E-state index in [4.69, 9.17) is 21.1 Å². The van der Waals surface area contributed by atoms with Crippen LogP contribution < -0.4 is 5.32 Å². The van der Waals surface area contributed by atoms with Crippen LogP contribution in [0, 0.1) is 5.92 Å². The summed E-state index contributed by atoms with van der Waals surface area (Å²) >= 11 is 6.05. The number of ether oxygens (including phenoxy) is 2. The first-order chi connectivity index (χ1) is 11.1. The third-order valence-electron chi connectivity index (χ3n) is 3.35. The van der Waals surface area contributed by atoms with Crippen molar-refractivity contribution >= 4 is 23.5 Å². The van der Waals surface area contributed by atoms with E-state index >= 15 is 0 Å². The number of hydrogen-bond donors (Lipinski definition) is 1. The zero-order chi connectivity index (χ0) is 16.7. The van der Waals surface area contributed by atoms with Crippen molar-refractivity contribution in [3.05, 3.63) is 34.9 Å². The second-order valence-corrected chi connectivity index (χ2v) is 6.33. The molecule has 2 rings (SSSR count). The van der Waals surface area contributed by atoms with E-state index in [1.165, 1.54) is 0 Å². The lowest BCUT2D eigenvalue weighted by Gasteiger charge is -2.14. The quantitative estimate of drug-likeness (QED) is 0.662. The van der Waals surface area contributed by atoms with Crippen molar-refractivity contribution in [3.63, 3.8) is 0 Å². The normalized spacial score (nSPS) is 18.3. The van der Waals surface area contributed by atoms with Gasteiger partial charge in [-0.1, -0.05) is 37.6 Å². The summed E-state index contributed by atoms with van der Waals surface area (Å²) in [5.41, 5.74) is 0.395. The first-order valence-corrected chi connectivity index (χ1v) is 8.28. The smallest absolute Gasteiger partial charge is 0.291 e. The second-order valence-electron chi connectivity index (χ2n) is 5.92. The van der Waals surface area contributed by atoms with Crippen molar-refractivity contribution in [2.75, 3.05) is 19.8 Å². The molecule has 0 aliphatic carbocycles. The monoisotopic (exact) mass is 338 g/mol. The van der Waals surface area contributed by atoms with E-state index in [0.29, 0.717) is 29.7 Å². The Morgan fingerprint density at radius 3 is 2.91 bits per heavy atom. The topological polar surface area (TPSA) is 59.9 Å². The summed E-state index contributed by atoms with van der Waals surface area (Å²) in [5.74, 6) is 0.00518. The fourth-order valence-electron chi connectivity index (χ4n) is 2.15. The van der Waals surface area contributed by atoms with Crippen LogP contribution >= 0.6 is 11.6 Å². The molecular weight excluding hydrogens is 316 g/mol. The van der Waals surface area contributed by atoms with E-state index in [9.17, 15) is 4.79 Å². The first kappa shape index (κ1) is 17.8. The van der Waals surface area contributed by atoms with Crippen molar-refractivity contribution in [2.24, 2.45) is 10.9 Å². The molecule has 1 N–H and O–H groups in total. The number of aliphatic imine (C=N–C) groups is 1. The van der Waals surface area contributed by atoms with Gasteiger partial charge < -0.3 is 9.47 Å². The van der Waals surface area contributed by atoms with E-state index < -0.39 is 0 Å². The molecule has 5 nitrogen and oxygen atoms in total. The number of benzene rings is 1. The number of amides is 1. The summed E-state index contributed by atoms with van der Waals surface area (Å²) in [7, 11) is 0. The molecule has 1 aliphatic rings. The molecule has 1 unspecified atom stereocenters. The van der Waals surface area contributed by atoms with Crippen molar-refractivity contribution in [1.82, 2.24) is 5.32 Å². The van der Waals surface area contributed by atoms with Crippen LogP contribution in [0.3, 0.4) is 0 Å². The van der Waals surface area contributed by atoms with Crippen LogP contribution in [0.4, 0.5) is 0 Å². The number of nitrogens with zero attached hydrogens (tertiary/aromatic N) is 1. The van der Waals surface area contributed by atoms with Gasteiger partial charge in [0.2, 0.25) is 0 Å². The van der Waals surface area contributed by atoms with Crippen molar-refractivity contribution in [1.29, 1.82) is 0 Å². The molecule has 0 bridgehead atoms. The fraction of sp³-hybridized carbons (Fsp3) is 0.529. The van der Waals surface area contributed by atoms with Crippen LogP contribution in [0.5, 0.6) is 0 Å². The SMILES string of the molecule is CC(C)COC(=NCC1CCCO1)NC(=O)c1ccccc1Cl. The molecule has 0 saturated carbocycles. The minimum Gasteiger partial charge on any atom is -0.465 e. The number of halogens is 1. The summed E-state index contributed by atoms with van der Waals surface area (Å²) < 4.78 is 11.2. The summed E-state index contributed by atoms with van der Waals surface area (Å²) in [4.78, 5) is 16.7. The highest BCUT2D eigenvalue weighted by molar-refractivity contribution is 6.34. The van der Waals surface area contributed by atoms with Gasteiger partial charge >= 0.3 is 0 Å². The van der Waals surface area contributed by atoms with E-state index in [0.717, 1.165) is 19.4 Å². The fourth-order valence-corrected chi connectivity index (χ4v) is 2.37. The molecule has 1 heterocycles. The number of hydrogen-bond acceptors (Lipinski definition) is 4. The Bertz CT molecular complexity index is 555. The average Bonchev–Trinajstić information content (AvgIpc) is 3.03. The van der Waals surface area contributed by atoms with Crippen molar-refractivity contribution in [3.8, 4) is 0 Å². The van der Waals surface area contributed by atoms with Crippen molar-refractivity contribution < 1.29 is 14.3 Å². The Balaban J connectivity index is 2.02. The van der Waals surface area contributed by atoms with Crippen LogP contribution in [0.25, 0.3) is 0 Å². The second kappa shape index (κ2) is 8.89. The predicted molar refractivity (Wildman–Crippen MR) is 91.0 cm³/mol. The molecule has 1 atom stereocenters. The third kappa shape index (κ3) is 5.84. The van der Waals surface area contributed by atoms with E-state index in [1.807, 2.05) is 13.8 Å². The molecule has 0 spiro atoms. The molecular formula is C17H23ClN2O3. The molecule has 1 aromatic rings. The maximum Gasteiger partial charge on any atom is 0.291 e. The molecule has 23 heavy (non-hydrogen) atoms. The highest BCUT2D eigenvalue weighted by Crippen LogP contribution is 2.15. The number of carbonyl (C=O) groups excluding carboxylic acids is 1. The summed E-state index contributed by atoms with van der Waals surface area (Å²) in [6.07, 6.45) is 2.14. The highest BCUT2D eigenvalue weighted by Gasteiger charge is 2.17. The van der Waals surface area contributed by atoms with Gasteiger partial charge in [-0.25, -0.2) is 4.99 Å². The number of carbonyl (C=O) groups is 1. The molecule has 126 valence electrons. The Morgan fingerprint density at radius 1 is 1.48 bits per heavy atom. The third-order valence-corrected chi connectivity index (χ3v) is 3.68. The zero-order valence-electron chi connectivity index (χ0n) is 13.5. The summed E-state index contributed by atoms with van der Waals surface area (Å²) in [6, 6.07) is 7.10. The van der Waals surface area contributed by atoms with Gasteiger partial charge in [0, 0.05) is 6.61 Å². The average molecular weight is 339 g/mol. The van der Waals surface area contributed by atoms with Gasteiger partial charge in [0.25, 0.3) is 11.9 Å². The Kier molecular flexibility index (Phi) is 6.86. The van der Waals surface area contributed by atoms with Gasteiger partial charge in [-0.3, -0.25) is 10.1 Å². The maximum absolute atomic E-state index is 12.3. The Labute approximate surface area is 142 Å². The first-order valence-electron chi connectivity index (χ1n) is 7.91. The molecule has 0 radical (unpaired) electrons. The molecule has 1 aromatic carbocycles. The standard InChI is InChI=1S/C17H23ClN2O3/c1-12(2)11-23-17(19-10-13-6-5-9-22-13)20-16(21)14-7-3-4-8-15(14)18/h3-4,7-8,12-13H,5-6,9-11H2,1-2H3,(H,19,20,21). The van der Waals surface area contributed by atoms with Crippen LogP contribution in [0.1, 0.15) is 37.0 Å². The summed E-state index contributed by atoms with van der Waals surface area (Å²) in [6.45, 7) is 5.80. The number of amidine groups is 1. The van der Waals surface area contributed by atoms with E-state index in [2.05, 4.69) is 10.3 Å². The van der Waals surface area contributed by atoms with Gasteiger partial charge in [0.05, 0.1) is 29.8 Å². The largest absolute Gasteiger partial charge is 0.465 e. The Hall–Kier alpha value is -1.59. The van der Waals surface area contributed by atoms with Crippen molar-refractivity contribution in [2.45, 2.75) is 32.8 Å². The molecule has 1 amide bonds.